The Morgan fingerprint density at radius 3 is 1.97 bits per heavy atom. The van der Waals surface area contributed by atoms with Crippen molar-refractivity contribution in [2.24, 2.45) is 16.8 Å². The zero-order valence-corrected chi connectivity index (χ0v) is 21.5. The number of benzene rings is 4. The van der Waals surface area contributed by atoms with E-state index in [0.29, 0.717) is 6.42 Å². The maximum atomic E-state index is 13.6. The fourth-order valence-electron chi connectivity index (χ4n) is 6.64. The first-order chi connectivity index (χ1) is 19.3. The molecule has 1 saturated carbocycles. The lowest BCUT2D eigenvalue weighted by Gasteiger charge is -2.30. The topological polar surface area (TPSA) is 56.7 Å². The molecule has 5 atom stereocenters. The van der Waals surface area contributed by atoms with E-state index in [1.54, 1.807) is 0 Å². The molecular formula is C34H30N4O. The van der Waals surface area contributed by atoms with E-state index in [1.165, 1.54) is 0 Å². The van der Waals surface area contributed by atoms with Gasteiger partial charge in [0.2, 0.25) is 0 Å². The minimum atomic E-state index is -0.288. The third-order valence-electron chi connectivity index (χ3n) is 8.19. The van der Waals surface area contributed by atoms with E-state index >= 15 is 0 Å². The summed E-state index contributed by atoms with van der Waals surface area (Å²) in [5.74, 6) is 0.378. The molecule has 39 heavy (non-hydrogen) atoms. The van der Waals surface area contributed by atoms with Gasteiger partial charge in [-0.25, -0.2) is 0 Å². The van der Waals surface area contributed by atoms with Crippen LogP contribution in [0, 0.1) is 11.8 Å². The number of fused-ring (bicyclic) bond motifs is 3. The molecule has 1 heterocycles. The smallest absolute Gasteiger partial charge is 0.157 e. The molecule has 3 aliphatic rings. The molecule has 5 heteroatoms. The minimum Gasteiger partial charge on any atom is -0.375 e. The molecule has 192 valence electrons. The van der Waals surface area contributed by atoms with Gasteiger partial charge in [-0.05, 0) is 54.6 Å². The Hall–Kier alpha value is -4.64. The average molecular weight is 511 g/mol. The molecule has 4 aromatic rings. The van der Waals surface area contributed by atoms with E-state index in [-0.39, 0.29) is 35.7 Å². The third-order valence-corrected chi connectivity index (χ3v) is 8.19. The predicted molar refractivity (Wildman–Crippen MR) is 159 cm³/mol. The first kappa shape index (κ1) is 23.5. The van der Waals surface area contributed by atoms with Crippen molar-refractivity contribution in [3.8, 4) is 0 Å². The van der Waals surface area contributed by atoms with E-state index in [0.717, 1.165) is 34.2 Å². The molecular weight excluding hydrogens is 480 g/mol. The standard InChI is InChI=1S/C34H30N4O/c39-30-22-29-32(34(30)37-25-17-9-3-10-18-25)31-28(38(29)26-19-11-4-12-20-26)21-27(35-23-13-5-1-6-14-23)33(31)36-24-15-7-2-8-16-24/h1-21,28-29,31-32,34-35,37H,22H2/t28-,29+,31-,32+,34+/m0/s1. The number of anilines is 3. The van der Waals surface area contributed by atoms with Crippen LogP contribution in [-0.4, -0.2) is 29.6 Å². The predicted octanol–water partition coefficient (Wildman–Crippen LogP) is 6.71. The Morgan fingerprint density at radius 1 is 0.718 bits per heavy atom. The van der Waals surface area contributed by atoms with Crippen LogP contribution in [0.4, 0.5) is 22.7 Å². The molecule has 0 unspecified atom stereocenters. The first-order valence-corrected chi connectivity index (χ1v) is 13.6. The van der Waals surface area contributed by atoms with Gasteiger partial charge in [0.15, 0.2) is 5.78 Å². The van der Waals surface area contributed by atoms with Crippen molar-refractivity contribution in [1.82, 2.24) is 0 Å². The van der Waals surface area contributed by atoms with Crippen molar-refractivity contribution < 1.29 is 4.79 Å². The summed E-state index contributed by atoms with van der Waals surface area (Å²) in [6, 6.07) is 40.9. The monoisotopic (exact) mass is 510 g/mol. The Bertz CT molecular complexity index is 1520. The summed E-state index contributed by atoms with van der Waals surface area (Å²) in [5.41, 5.74) is 6.08. The largest absolute Gasteiger partial charge is 0.375 e. The van der Waals surface area contributed by atoms with Crippen LogP contribution in [-0.2, 0) is 4.79 Å². The van der Waals surface area contributed by atoms with Gasteiger partial charge in [-0.1, -0.05) is 72.8 Å². The van der Waals surface area contributed by atoms with Gasteiger partial charge in [-0.15, -0.1) is 0 Å². The summed E-state index contributed by atoms with van der Waals surface area (Å²) < 4.78 is 0. The zero-order valence-electron chi connectivity index (χ0n) is 21.5. The molecule has 1 saturated heterocycles. The van der Waals surface area contributed by atoms with E-state index < -0.39 is 0 Å². The molecule has 0 bridgehead atoms. The number of Topliss-reactive ketones (excluding diaryl/α,β-unsaturated/α-hetero) is 1. The molecule has 0 amide bonds. The van der Waals surface area contributed by atoms with E-state index in [9.17, 15) is 4.79 Å². The second kappa shape index (κ2) is 9.91. The van der Waals surface area contributed by atoms with Crippen LogP contribution in [0.2, 0.25) is 0 Å². The number of nitrogens with one attached hydrogen (secondary N) is 2. The number of hydrogen-bond acceptors (Lipinski definition) is 5. The third kappa shape index (κ3) is 4.30. The lowest BCUT2D eigenvalue weighted by atomic mass is 9.84. The van der Waals surface area contributed by atoms with Crippen LogP contribution in [0.15, 0.2) is 138 Å². The van der Waals surface area contributed by atoms with Crippen LogP contribution in [0.25, 0.3) is 0 Å². The highest BCUT2D eigenvalue weighted by molar-refractivity contribution is 6.10. The Balaban J connectivity index is 1.36. The fourth-order valence-corrected chi connectivity index (χ4v) is 6.64. The van der Waals surface area contributed by atoms with Crippen molar-refractivity contribution >= 4 is 34.2 Å². The summed E-state index contributed by atoms with van der Waals surface area (Å²) in [6.07, 6.45) is 2.85. The number of para-hydroxylation sites is 4. The summed E-state index contributed by atoms with van der Waals surface area (Å²) in [4.78, 5) is 21.4. The van der Waals surface area contributed by atoms with Crippen molar-refractivity contribution in [1.29, 1.82) is 0 Å². The van der Waals surface area contributed by atoms with E-state index in [1.807, 2.05) is 84.9 Å². The number of hydrogen-bond donors (Lipinski definition) is 2. The van der Waals surface area contributed by atoms with Crippen molar-refractivity contribution in [2.45, 2.75) is 24.5 Å². The Morgan fingerprint density at radius 2 is 1.31 bits per heavy atom. The van der Waals surface area contributed by atoms with Crippen molar-refractivity contribution in [2.75, 3.05) is 15.5 Å². The summed E-state index contributed by atoms with van der Waals surface area (Å²) in [6.45, 7) is 0. The highest BCUT2D eigenvalue weighted by atomic mass is 16.1. The van der Waals surface area contributed by atoms with Gasteiger partial charge in [-0.3, -0.25) is 9.79 Å². The van der Waals surface area contributed by atoms with Crippen molar-refractivity contribution in [3.05, 3.63) is 133 Å². The van der Waals surface area contributed by atoms with Gasteiger partial charge >= 0.3 is 0 Å². The van der Waals surface area contributed by atoms with Crippen LogP contribution in [0.5, 0.6) is 0 Å². The number of allylic oxidation sites excluding steroid dienone is 1. The SMILES string of the molecule is O=C1C[C@@H]2[C@H]([C@H]3C(=Nc4ccccc4)C(Nc4ccccc4)=C[C@@H]3N2c2ccccc2)[C@@H]1Nc1ccccc1. The summed E-state index contributed by atoms with van der Waals surface area (Å²) in [5, 5.41) is 7.29. The molecule has 1 aliphatic heterocycles. The van der Waals surface area contributed by atoms with E-state index in [4.69, 9.17) is 4.99 Å². The zero-order chi connectivity index (χ0) is 26.2. The molecule has 0 spiro atoms. The maximum absolute atomic E-state index is 13.6. The molecule has 7 rings (SSSR count). The van der Waals surface area contributed by atoms with Gasteiger partial charge in [0, 0.05) is 41.4 Å². The molecule has 2 N–H and O–H groups in total. The molecule has 5 nitrogen and oxygen atoms in total. The number of nitrogens with zero attached hydrogens (tertiary/aromatic N) is 2. The van der Waals surface area contributed by atoms with Crippen LogP contribution >= 0.6 is 0 Å². The molecule has 0 aromatic heterocycles. The molecule has 0 radical (unpaired) electrons. The number of carbonyl (C=O) groups excluding carboxylic acids is 1. The summed E-state index contributed by atoms with van der Waals surface area (Å²) in [7, 11) is 0. The number of rotatable bonds is 6. The fraction of sp³-hybridized carbons (Fsp3) is 0.176. The quantitative estimate of drug-likeness (QED) is 0.303. The molecule has 4 aromatic carbocycles. The normalized spacial score (nSPS) is 26.3. The number of ketones is 1. The van der Waals surface area contributed by atoms with Crippen LogP contribution in [0.1, 0.15) is 6.42 Å². The number of carbonyl (C=O) groups is 1. The van der Waals surface area contributed by atoms with Crippen LogP contribution < -0.4 is 15.5 Å². The second-order valence-corrected chi connectivity index (χ2v) is 10.5. The van der Waals surface area contributed by atoms with Gasteiger partial charge in [0.1, 0.15) is 0 Å². The lowest BCUT2D eigenvalue weighted by molar-refractivity contribution is -0.118. The Labute approximate surface area is 228 Å². The molecule has 2 fully saturated rings. The van der Waals surface area contributed by atoms with Gasteiger partial charge in [0.05, 0.1) is 29.2 Å². The van der Waals surface area contributed by atoms with Crippen LogP contribution in [0.3, 0.4) is 0 Å². The lowest BCUT2D eigenvalue weighted by Crippen LogP contribution is -2.39. The average Bonchev–Trinajstić information content (AvgIpc) is 3.58. The second-order valence-electron chi connectivity index (χ2n) is 10.5. The number of aliphatic imine (C=N–C) groups is 1. The molecule has 2 aliphatic carbocycles. The maximum Gasteiger partial charge on any atom is 0.157 e. The van der Waals surface area contributed by atoms with E-state index in [2.05, 4.69) is 58.0 Å². The highest BCUT2D eigenvalue weighted by Gasteiger charge is 2.61. The van der Waals surface area contributed by atoms with Gasteiger partial charge < -0.3 is 15.5 Å². The highest BCUT2D eigenvalue weighted by Crippen LogP contribution is 2.51. The van der Waals surface area contributed by atoms with Crippen molar-refractivity contribution in [3.63, 3.8) is 0 Å². The summed E-state index contributed by atoms with van der Waals surface area (Å²) >= 11 is 0. The Kier molecular flexibility index (Phi) is 5.97. The van der Waals surface area contributed by atoms with Gasteiger partial charge in [-0.2, -0.15) is 0 Å². The van der Waals surface area contributed by atoms with Gasteiger partial charge in [0.25, 0.3) is 0 Å². The minimum absolute atomic E-state index is 0.0503. The first-order valence-electron chi connectivity index (χ1n) is 13.6.